The van der Waals surface area contributed by atoms with Crippen molar-refractivity contribution in [3.8, 4) is 11.4 Å². The molecule has 0 saturated carbocycles. The van der Waals surface area contributed by atoms with Crippen molar-refractivity contribution in [2.24, 2.45) is 0 Å². The van der Waals surface area contributed by atoms with Crippen molar-refractivity contribution in [2.75, 3.05) is 6.26 Å². The number of aryl methyl sites for hydroxylation is 1. The molecule has 0 unspecified atom stereocenters. The number of pyridine rings is 1. The lowest BCUT2D eigenvalue weighted by atomic mass is 10.1. The lowest BCUT2D eigenvalue weighted by molar-refractivity contribution is 0.602. The molecule has 4 rings (SSSR count). The molecule has 0 N–H and O–H groups in total. The van der Waals surface area contributed by atoms with Gasteiger partial charge < -0.3 is 4.57 Å². The first-order valence-corrected chi connectivity index (χ1v) is 10.5. The Bertz CT molecular complexity index is 1210. The number of rotatable bonds is 4. The molecule has 0 fully saturated rings. The molecule has 0 aliphatic carbocycles. The summed E-state index contributed by atoms with van der Waals surface area (Å²) in [5, 5.41) is 0. The zero-order valence-corrected chi connectivity index (χ0v) is 15.9. The molecule has 2 aromatic heterocycles. The van der Waals surface area contributed by atoms with Gasteiger partial charge in [0.05, 0.1) is 10.4 Å². The van der Waals surface area contributed by atoms with Crippen molar-refractivity contribution in [2.45, 2.75) is 18.4 Å². The molecule has 0 aliphatic rings. The lowest BCUT2D eigenvalue weighted by Crippen LogP contribution is -2.03. The Morgan fingerprint density at radius 1 is 0.963 bits per heavy atom. The number of benzene rings is 2. The summed E-state index contributed by atoms with van der Waals surface area (Å²) in [5.74, 6) is 0.768. The molecule has 2 aromatic carbocycles. The van der Waals surface area contributed by atoms with Crippen LogP contribution >= 0.6 is 0 Å². The van der Waals surface area contributed by atoms with Gasteiger partial charge in [-0.05, 0) is 48.9 Å². The summed E-state index contributed by atoms with van der Waals surface area (Å²) < 4.78 is 25.6. The molecular weight excluding hydrogens is 358 g/mol. The number of fused-ring (bicyclic) bond motifs is 1. The third-order valence-electron chi connectivity index (χ3n) is 4.53. The first-order chi connectivity index (χ1) is 12.9. The summed E-state index contributed by atoms with van der Waals surface area (Å²) in [7, 11) is -3.23. The van der Waals surface area contributed by atoms with E-state index in [-0.39, 0.29) is 0 Å². The highest BCUT2D eigenvalue weighted by Gasteiger charge is 2.15. The van der Waals surface area contributed by atoms with Crippen LogP contribution in [0.2, 0.25) is 0 Å². The van der Waals surface area contributed by atoms with Gasteiger partial charge >= 0.3 is 0 Å². The van der Waals surface area contributed by atoms with Gasteiger partial charge in [0, 0.05) is 24.6 Å². The fourth-order valence-corrected chi connectivity index (χ4v) is 3.70. The van der Waals surface area contributed by atoms with Crippen molar-refractivity contribution >= 4 is 21.0 Å². The van der Waals surface area contributed by atoms with Gasteiger partial charge in [0.2, 0.25) is 0 Å². The quantitative estimate of drug-likeness (QED) is 0.542. The lowest BCUT2D eigenvalue weighted by Gasteiger charge is -2.10. The smallest absolute Gasteiger partial charge is 0.178 e. The minimum Gasteiger partial charge on any atom is -0.318 e. The second-order valence-corrected chi connectivity index (χ2v) is 8.67. The Hall–Kier alpha value is -2.99. The summed E-state index contributed by atoms with van der Waals surface area (Å²) in [6.07, 6.45) is 2.93. The number of sulfone groups is 1. The molecule has 0 amide bonds. The van der Waals surface area contributed by atoms with Crippen molar-refractivity contribution in [1.82, 2.24) is 14.5 Å². The average Bonchev–Trinajstić information content (AvgIpc) is 3.02. The summed E-state index contributed by atoms with van der Waals surface area (Å²) in [4.78, 5) is 9.36. The largest absolute Gasteiger partial charge is 0.318 e. The number of nitrogens with zero attached hydrogens (tertiary/aromatic N) is 3. The normalized spacial score (nSPS) is 11.8. The Morgan fingerprint density at radius 2 is 1.67 bits per heavy atom. The Morgan fingerprint density at radius 3 is 2.33 bits per heavy atom. The van der Waals surface area contributed by atoms with Crippen LogP contribution in [0.25, 0.3) is 22.6 Å². The third-order valence-corrected chi connectivity index (χ3v) is 5.65. The van der Waals surface area contributed by atoms with Crippen molar-refractivity contribution in [3.05, 3.63) is 78.0 Å². The van der Waals surface area contributed by atoms with Gasteiger partial charge in [-0.25, -0.2) is 18.4 Å². The van der Waals surface area contributed by atoms with Gasteiger partial charge in [-0.2, -0.15) is 0 Å². The molecule has 0 aliphatic heterocycles. The van der Waals surface area contributed by atoms with E-state index >= 15 is 0 Å². The fraction of sp³-hybridized carbons (Fsp3) is 0.143. The third kappa shape index (κ3) is 3.48. The molecule has 0 bridgehead atoms. The SMILES string of the molecule is Cc1ccc(Cn2c(-c3ccc(S(C)(=O)=O)cc3)nc3ncccc32)cc1. The molecule has 2 heterocycles. The molecule has 6 heteroatoms. The first kappa shape index (κ1) is 17.4. The van der Waals surface area contributed by atoms with Crippen LogP contribution in [0, 0.1) is 6.92 Å². The fourth-order valence-electron chi connectivity index (χ4n) is 3.07. The predicted molar refractivity (Wildman–Crippen MR) is 106 cm³/mol. The number of hydrogen-bond donors (Lipinski definition) is 0. The standard InChI is InChI=1S/C21H19N3O2S/c1-15-5-7-16(8-6-15)14-24-19-4-3-13-22-20(19)23-21(24)17-9-11-18(12-10-17)27(2,25)26/h3-13H,14H2,1-2H3. The van der Waals surface area contributed by atoms with E-state index in [2.05, 4.69) is 40.7 Å². The van der Waals surface area contributed by atoms with E-state index in [1.807, 2.05) is 12.1 Å². The minimum atomic E-state index is -3.23. The van der Waals surface area contributed by atoms with E-state index in [0.29, 0.717) is 17.1 Å². The zero-order chi connectivity index (χ0) is 19.0. The zero-order valence-electron chi connectivity index (χ0n) is 15.1. The molecule has 0 saturated heterocycles. The Balaban J connectivity index is 1.83. The summed E-state index contributed by atoms with van der Waals surface area (Å²) in [6, 6.07) is 19.1. The number of hydrogen-bond acceptors (Lipinski definition) is 4. The highest BCUT2D eigenvalue weighted by atomic mass is 32.2. The summed E-state index contributed by atoms with van der Waals surface area (Å²) in [5.41, 5.74) is 4.85. The second kappa shape index (κ2) is 6.63. The van der Waals surface area contributed by atoms with E-state index in [0.717, 1.165) is 22.5 Å². The number of aromatic nitrogens is 3. The maximum Gasteiger partial charge on any atom is 0.178 e. The van der Waals surface area contributed by atoms with Crippen molar-refractivity contribution in [1.29, 1.82) is 0 Å². The van der Waals surface area contributed by atoms with Crippen LogP contribution in [0.5, 0.6) is 0 Å². The van der Waals surface area contributed by atoms with Crippen LogP contribution < -0.4 is 0 Å². The Kier molecular flexibility index (Phi) is 4.28. The van der Waals surface area contributed by atoms with Crippen LogP contribution in [0.1, 0.15) is 11.1 Å². The maximum atomic E-state index is 11.7. The first-order valence-electron chi connectivity index (χ1n) is 8.59. The monoisotopic (exact) mass is 377 g/mol. The van der Waals surface area contributed by atoms with Crippen LogP contribution in [-0.2, 0) is 16.4 Å². The molecule has 4 aromatic rings. The highest BCUT2D eigenvalue weighted by Crippen LogP contribution is 2.26. The van der Waals surface area contributed by atoms with E-state index in [1.165, 1.54) is 11.8 Å². The van der Waals surface area contributed by atoms with Crippen molar-refractivity contribution < 1.29 is 8.42 Å². The highest BCUT2D eigenvalue weighted by molar-refractivity contribution is 7.90. The molecular formula is C21H19N3O2S. The molecule has 0 atom stereocenters. The molecule has 0 spiro atoms. The van der Waals surface area contributed by atoms with Gasteiger partial charge in [-0.15, -0.1) is 0 Å². The minimum absolute atomic E-state index is 0.297. The topological polar surface area (TPSA) is 64.8 Å². The van der Waals surface area contributed by atoms with Crippen LogP contribution in [0.15, 0.2) is 71.8 Å². The van der Waals surface area contributed by atoms with Crippen LogP contribution in [0.4, 0.5) is 0 Å². The second-order valence-electron chi connectivity index (χ2n) is 6.65. The van der Waals surface area contributed by atoms with Gasteiger partial charge in [0.25, 0.3) is 0 Å². The Labute approximate surface area is 158 Å². The molecule has 5 nitrogen and oxygen atoms in total. The van der Waals surface area contributed by atoms with E-state index in [4.69, 9.17) is 4.98 Å². The summed E-state index contributed by atoms with van der Waals surface area (Å²) in [6.45, 7) is 2.72. The van der Waals surface area contributed by atoms with Crippen molar-refractivity contribution in [3.63, 3.8) is 0 Å². The average molecular weight is 377 g/mol. The van der Waals surface area contributed by atoms with E-state index < -0.39 is 9.84 Å². The van der Waals surface area contributed by atoms with E-state index in [1.54, 1.807) is 30.5 Å². The number of imidazole rings is 1. The van der Waals surface area contributed by atoms with E-state index in [9.17, 15) is 8.42 Å². The molecule has 136 valence electrons. The van der Waals surface area contributed by atoms with Gasteiger partial charge in [-0.3, -0.25) is 0 Å². The van der Waals surface area contributed by atoms with Gasteiger partial charge in [0.15, 0.2) is 15.5 Å². The van der Waals surface area contributed by atoms with Gasteiger partial charge in [0.1, 0.15) is 5.82 Å². The summed E-state index contributed by atoms with van der Waals surface area (Å²) >= 11 is 0. The van der Waals surface area contributed by atoms with Crippen LogP contribution in [-0.4, -0.2) is 29.2 Å². The predicted octanol–water partition coefficient (Wildman–Crippen LogP) is 3.86. The molecule has 0 radical (unpaired) electrons. The maximum absolute atomic E-state index is 11.7. The van der Waals surface area contributed by atoms with Crippen LogP contribution in [0.3, 0.4) is 0 Å². The molecule has 27 heavy (non-hydrogen) atoms. The van der Waals surface area contributed by atoms with Gasteiger partial charge in [-0.1, -0.05) is 29.8 Å².